The van der Waals surface area contributed by atoms with Gasteiger partial charge in [-0.05, 0) is 25.1 Å². The van der Waals surface area contributed by atoms with E-state index < -0.39 is 0 Å². The summed E-state index contributed by atoms with van der Waals surface area (Å²) in [4.78, 5) is 25.2. The van der Waals surface area contributed by atoms with Gasteiger partial charge < -0.3 is 0 Å². The zero-order valence-electron chi connectivity index (χ0n) is 10.5. The maximum atomic E-state index is 11.5. The van der Waals surface area contributed by atoms with Crippen LogP contribution in [-0.4, -0.2) is 20.7 Å². The van der Waals surface area contributed by atoms with Gasteiger partial charge in [-0.25, -0.2) is 4.98 Å². The molecular formula is C14H11N3OS. The fourth-order valence-corrected chi connectivity index (χ4v) is 2.90. The monoisotopic (exact) mass is 269 g/mol. The number of hydrogen-bond donors (Lipinski definition) is 0. The van der Waals surface area contributed by atoms with E-state index >= 15 is 0 Å². The molecule has 3 aromatic rings. The molecule has 0 bridgehead atoms. The molecule has 0 aliphatic rings. The van der Waals surface area contributed by atoms with Crippen molar-refractivity contribution in [3.8, 4) is 10.6 Å². The first-order valence-electron chi connectivity index (χ1n) is 5.84. The van der Waals surface area contributed by atoms with Gasteiger partial charge in [-0.2, -0.15) is 0 Å². The average molecular weight is 269 g/mol. The second-order valence-corrected chi connectivity index (χ2v) is 5.25. The molecule has 3 rings (SSSR count). The summed E-state index contributed by atoms with van der Waals surface area (Å²) in [5, 5.41) is 0.843. The molecule has 0 aliphatic carbocycles. The maximum absolute atomic E-state index is 11.5. The maximum Gasteiger partial charge on any atom is 0.171 e. The first-order valence-corrected chi connectivity index (χ1v) is 6.66. The number of fused-ring (bicyclic) bond motifs is 1. The van der Waals surface area contributed by atoms with Gasteiger partial charge in [0.1, 0.15) is 5.01 Å². The Morgan fingerprint density at radius 1 is 1.16 bits per heavy atom. The highest BCUT2D eigenvalue weighted by Crippen LogP contribution is 2.29. The van der Waals surface area contributed by atoms with Gasteiger partial charge in [0, 0.05) is 24.9 Å². The van der Waals surface area contributed by atoms with Gasteiger partial charge in [0.25, 0.3) is 0 Å². The van der Waals surface area contributed by atoms with Crippen LogP contribution in [0.2, 0.25) is 0 Å². The summed E-state index contributed by atoms with van der Waals surface area (Å²) in [7, 11) is 0. The molecule has 0 atom stereocenters. The van der Waals surface area contributed by atoms with Gasteiger partial charge >= 0.3 is 0 Å². The summed E-state index contributed by atoms with van der Waals surface area (Å²) >= 11 is 1.42. The number of aromatic nitrogens is 3. The Morgan fingerprint density at radius 2 is 1.89 bits per heavy atom. The number of nitrogens with zero attached hydrogens (tertiary/aromatic N) is 3. The molecule has 2 heterocycles. The molecule has 0 N–H and O–H groups in total. The minimum Gasteiger partial charge on any atom is -0.294 e. The van der Waals surface area contributed by atoms with E-state index in [1.54, 1.807) is 19.3 Å². The molecule has 19 heavy (non-hydrogen) atoms. The summed E-state index contributed by atoms with van der Waals surface area (Å²) < 4.78 is 0. The topological polar surface area (TPSA) is 55.7 Å². The van der Waals surface area contributed by atoms with Gasteiger partial charge in [-0.3, -0.25) is 14.8 Å². The number of thiazole rings is 1. The van der Waals surface area contributed by atoms with Crippen LogP contribution in [-0.2, 0) is 0 Å². The molecule has 0 radical (unpaired) electrons. The minimum atomic E-state index is 0.0573. The van der Waals surface area contributed by atoms with Gasteiger partial charge in [-0.15, -0.1) is 11.3 Å². The summed E-state index contributed by atoms with van der Waals surface area (Å²) in [5.41, 5.74) is 3.43. The quantitative estimate of drug-likeness (QED) is 0.670. The van der Waals surface area contributed by atoms with Gasteiger partial charge in [0.05, 0.1) is 21.6 Å². The predicted octanol–water partition coefficient (Wildman–Crippen LogP) is 3.26. The van der Waals surface area contributed by atoms with Crippen LogP contribution in [0.15, 0.2) is 30.6 Å². The van der Waals surface area contributed by atoms with E-state index in [0.717, 1.165) is 27.3 Å². The zero-order chi connectivity index (χ0) is 13.4. The highest BCUT2D eigenvalue weighted by Gasteiger charge is 2.13. The van der Waals surface area contributed by atoms with Crippen molar-refractivity contribution in [1.82, 2.24) is 15.0 Å². The molecule has 0 aliphatic heterocycles. The predicted molar refractivity (Wildman–Crippen MR) is 75.4 cm³/mol. The van der Waals surface area contributed by atoms with Crippen molar-refractivity contribution in [3.05, 3.63) is 41.2 Å². The van der Waals surface area contributed by atoms with E-state index in [4.69, 9.17) is 0 Å². The molecule has 0 spiro atoms. The Hall–Kier alpha value is -2.14. The van der Waals surface area contributed by atoms with Crippen LogP contribution in [0.1, 0.15) is 22.3 Å². The third-order valence-corrected chi connectivity index (χ3v) is 4.14. The number of ketones is 1. The van der Waals surface area contributed by atoms with Gasteiger partial charge in [0.15, 0.2) is 5.78 Å². The third kappa shape index (κ3) is 2.13. The van der Waals surface area contributed by atoms with Crippen LogP contribution in [0, 0.1) is 6.92 Å². The molecule has 5 heteroatoms. The third-order valence-electron chi connectivity index (χ3n) is 2.83. The molecule has 0 unspecified atom stereocenters. The SMILES string of the molecule is CC(=O)c1sc(-c2ccc3nccnc3c2)nc1C. The molecule has 4 nitrogen and oxygen atoms in total. The van der Waals surface area contributed by atoms with Crippen molar-refractivity contribution in [3.63, 3.8) is 0 Å². The fraction of sp³-hybridized carbons (Fsp3) is 0.143. The summed E-state index contributed by atoms with van der Waals surface area (Å²) in [6, 6.07) is 5.82. The van der Waals surface area contributed by atoms with Crippen LogP contribution in [0.25, 0.3) is 21.6 Å². The standard InChI is InChI=1S/C14H11N3OS/c1-8-13(9(2)18)19-14(17-8)10-3-4-11-12(7-10)16-6-5-15-11/h3-7H,1-2H3. The number of aryl methyl sites for hydroxylation is 1. The van der Waals surface area contributed by atoms with Crippen molar-refractivity contribution in [1.29, 1.82) is 0 Å². The number of benzene rings is 1. The molecule has 0 fully saturated rings. The van der Waals surface area contributed by atoms with Crippen molar-refractivity contribution in [2.75, 3.05) is 0 Å². The number of rotatable bonds is 2. The largest absolute Gasteiger partial charge is 0.294 e. The highest BCUT2D eigenvalue weighted by molar-refractivity contribution is 7.17. The molecule has 0 amide bonds. The van der Waals surface area contributed by atoms with Gasteiger partial charge in [-0.1, -0.05) is 0 Å². The van der Waals surface area contributed by atoms with Crippen molar-refractivity contribution in [2.24, 2.45) is 0 Å². The minimum absolute atomic E-state index is 0.0573. The lowest BCUT2D eigenvalue weighted by atomic mass is 10.2. The Kier molecular flexibility index (Phi) is 2.83. The molecule has 2 aromatic heterocycles. The number of carbonyl (C=O) groups excluding carboxylic acids is 1. The second kappa shape index (κ2) is 4.51. The smallest absolute Gasteiger partial charge is 0.171 e. The highest BCUT2D eigenvalue weighted by atomic mass is 32.1. The Morgan fingerprint density at radius 3 is 2.58 bits per heavy atom. The van der Waals surface area contributed by atoms with E-state index in [9.17, 15) is 4.79 Å². The van der Waals surface area contributed by atoms with Crippen LogP contribution in [0.3, 0.4) is 0 Å². The van der Waals surface area contributed by atoms with E-state index in [-0.39, 0.29) is 5.78 Å². The van der Waals surface area contributed by atoms with Crippen LogP contribution < -0.4 is 0 Å². The Bertz CT molecular complexity index is 779. The lowest BCUT2D eigenvalue weighted by Gasteiger charge is -1.98. The summed E-state index contributed by atoms with van der Waals surface area (Å²) in [6.45, 7) is 3.42. The second-order valence-electron chi connectivity index (χ2n) is 4.25. The van der Waals surface area contributed by atoms with E-state index in [0.29, 0.717) is 4.88 Å². The molecule has 1 aromatic carbocycles. The first-order chi connectivity index (χ1) is 9.15. The van der Waals surface area contributed by atoms with Crippen molar-refractivity contribution in [2.45, 2.75) is 13.8 Å². The van der Waals surface area contributed by atoms with Crippen LogP contribution in [0.5, 0.6) is 0 Å². The number of hydrogen-bond acceptors (Lipinski definition) is 5. The Balaban J connectivity index is 2.13. The lowest BCUT2D eigenvalue weighted by molar-refractivity contribution is 0.102. The lowest BCUT2D eigenvalue weighted by Crippen LogP contribution is -1.89. The normalized spacial score (nSPS) is 10.8. The molecule has 0 saturated heterocycles. The summed E-state index contributed by atoms with van der Waals surface area (Å²) in [5.74, 6) is 0.0573. The van der Waals surface area contributed by atoms with Gasteiger partial charge in [0.2, 0.25) is 0 Å². The van der Waals surface area contributed by atoms with E-state index in [1.165, 1.54) is 11.3 Å². The average Bonchev–Trinajstić information content (AvgIpc) is 2.80. The number of Topliss-reactive ketones (excluding diaryl/α,β-unsaturated/α-hetero) is 1. The Labute approximate surface area is 114 Å². The van der Waals surface area contributed by atoms with E-state index in [2.05, 4.69) is 15.0 Å². The first kappa shape index (κ1) is 11.9. The van der Waals surface area contributed by atoms with Crippen LogP contribution >= 0.6 is 11.3 Å². The fourth-order valence-electron chi connectivity index (χ4n) is 1.94. The van der Waals surface area contributed by atoms with E-state index in [1.807, 2.05) is 25.1 Å². The molecule has 0 saturated carbocycles. The van der Waals surface area contributed by atoms with Crippen molar-refractivity contribution < 1.29 is 4.79 Å². The molecular weight excluding hydrogens is 258 g/mol. The van der Waals surface area contributed by atoms with Crippen LogP contribution in [0.4, 0.5) is 0 Å². The summed E-state index contributed by atoms with van der Waals surface area (Å²) in [6.07, 6.45) is 3.34. The number of carbonyl (C=O) groups is 1. The molecule has 94 valence electrons. The van der Waals surface area contributed by atoms with Crippen molar-refractivity contribution >= 4 is 28.2 Å². The zero-order valence-corrected chi connectivity index (χ0v) is 11.4.